The third kappa shape index (κ3) is 0.923. The van der Waals surface area contributed by atoms with E-state index in [1.165, 1.54) is 4.70 Å². The Labute approximate surface area is 69.5 Å². The number of fused-ring (bicyclic) bond motifs is 1. The Balaban J connectivity index is 2.92. The molecule has 2 rings (SSSR count). The van der Waals surface area contributed by atoms with Gasteiger partial charge in [-0.1, -0.05) is 12.0 Å². The first-order valence-electron chi connectivity index (χ1n) is 3.26. The molecule has 0 aliphatic heterocycles. The Bertz CT molecular complexity index is 418. The lowest BCUT2D eigenvalue weighted by Crippen LogP contribution is -1.72. The summed E-state index contributed by atoms with van der Waals surface area (Å²) in [5.41, 5.74) is 0.865. The van der Waals surface area contributed by atoms with E-state index in [2.05, 4.69) is 12.0 Å². The Morgan fingerprint density at radius 1 is 1.45 bits per heavy atom. The number of hydrogen-bond acceptors (Lipinski definition) is 1. The molecule has 1 heterocycles. The second kappa shape index (κ2) is 2.41. The largest absolute Gasteiger partial charge is 0.144 e. The van der Waals surface area contributed by atoms with Crippen LogP contribution in [0.4, 0.5) is 0 Å². The van der Waals surface area contributed by atoms with Crippen LogP contribution in [0.3, 0.4) is 0 Å². The van der Waals surface area contributed by atoms with Crippen LogP contribution < -0.4 is 0 Å². The van der Waals surface area contributed by atoms with Crippen molar-refractivity contribution in [3.05, 3.63) is 35.2 Å². The van der Waals surface area contributed by atoms with Gasteiger partial charge in [-0.15, -0.1) is 17.8 Å². The lowest BCUT2D eigenvalue weighted by molar-refractivity contribution is 1.75. The van der Waals surface area contributed by atoms with Crippen molar-refractivity contribution < 1.29 is 0 Å². The number of hydrogen-bond donors (Lipinski definition) is 0. The summed E-state index contributed by atoms with van der Waals surface area (Å²) in [6, 6.07) is 8.95. The van der Waals surface area contributed by atoms with Crippen molar-refractivity contribution in [2.24, 2.45) is 0 Å². The van der Waals surface area contributed by atoms with Crippen LogP contribution >= 0.6 is 11.3 Å². The van der Waals surface area contributed by atoms with Gasteiger partial charge in [0.25, 0.3) is 0 Å². The van der Waals surface area contributed by atoms with Gasteiger partial charge in [0, 0.05) is 15.6 Å². The molecule has 1 aromatic carbocycles. The van der Waals surface area contributed by atoms with Crippen molar-refractivity contribution in [1.82, 2.24) is 0 Å². The molecule has 0 aliphatic rings. The van der Waals surface area contributed by atoms with E-state index in [-0.39, 0.29) is 0 Å². The molecule has 1 aromatic heterocycles. The van der Waals surface area contributed by atoms with E-state index < -0.39 is 0 Å². The zero-order chi connectivity index (χ0) is 7.68. The molecule has 0 N–H and O–H groups in total. The predicted molar refractivity (Wildman–Crippen MR) is 48.6 cm³/mol. The highest BCUT2D eigenvalue weighted by Gasteiger charge is 1.97. The fourth-order valence-electron chi connectivity index (χ4n) is 1.05. The predicted octanol–water partition coefficient (Wildman–Crippen LogP) is 2.68. The molecular weight excluding hydrogens is 152 g/mol. The molecule has 0 fully saturated rings. The summed E-state index contributed by atoms with van der Waals surface area (Å²) in [5.74, 6) is 2.61. The molecule has 0 spiro atoms. The average Bonchev–Trinajstić information content (AvgIpc) is 2.50. The quantitative estimate of drug-likeness (QED) is 0.516. The molecule has 0 bridgehead atoms. The molecule has 0 saturated carbocycles. The van der Waals surface area contributed by atoms with Crippen molar-refractivity contribution >= 4 is 21.4 Å². The minimum absolute atomic E-state index is 0.865. The van der Waals surface area contributed by atoms with Gasteiger partial charge < -0.3 is 0 Å². The monoisotopic (exact) mass is 157 g/mol. The zero-order valence-electron chi connectivity index (χ0n) is 5.79. The smallest absolute Gasteiger partial charge is 0.0408 e. The molecule has 51 valence electrons. The minimum atomic E-state index is 0.865. The van der Waals surface area contributed by atoms with Gasteiger partial charge in [0.2, 0.25) is 0 Å². The highest BCUT2D eigenvalue weighted by Crippen LogP contribution is 2.22. The van der Waals surface area contributed by atoms with Crippen LogP contribution in [-0.4, -0.2) is 0 Å². The SMILES string of the molecule is C#Cc1[c]ccc2sccc12. The third-order valence-corrected chi connectivity index (χ3v) is 2.45. The van der Waals surface area contributed by atoms with E-state index in [1.54, 1.807) is 11.3 Å². The molecule has 1 radical (unpaired) electrons. The summed E-state index contributed by atoms with van der Waals surface area (Å²) in [7, 11) is 0. The number of rotatable bonds is 0. The molecule has 0 unspecified atom stereocenters. The summed E-state index contributed by atoms with van der Waals surface area (Å²) in [6.07, 6.45) is 5.30. The fourth-order valence-corrected chi connectivity index (χ4v) is 1.85. The maximum atomic E-state index is 5.30. The number of terminal acetylenes is 1. The van der Waals surface area contributed by atoms with Crippen molar-refractivity contribution in [2.75, 3.05) is 0 Å². The van der Waals surface area contributed by atoms with Gasteiger partial charge in [-0.05, 0) is 23.6 Å². The molecule has 0 aliphatic carbocycles. The molecule has 0 nitrogen and oxygen atoms in total. The van der Waals surface area contributed by atoms with Gasteiger partial charge in [-0.3, -0.25) is 0 Å². The number of thiophene rings is 1. The molecule has 1 heteroatoms. The van der Waals surface area contributed by atoms with Crippen LogP contribution in [0.1, 0.15) is 5.56 Å². The Morgan fingerprint density at radius 3 is 3.18 bits per heavy atom. The molecule has 0 atom stereocenters. The summed E-state index contributed by atoms with van der Waals surface area (Å²) in [6.45, 7) is 0. The van der Waals surface area contributed by atoms with Crippen molar-refractivity contribution in [1.29, 1.82) is 0 Å². The molecule has 2 aromatic rings. The van der Waals surface area contributed by atoms with E-state index in [1.807, 2.05) is 23.6 Å². The van der Waals surface area contributed by atoms with E-state index in [4.69, 9.17) is 6.42 Å². The van der Waals surface area contributed by atoms with Crippen molar-refractivity contribution in [3.8, 4) is 12.3 Å². The maximum absolute atomic E-state index is 5.30. The second-order valence-corrected chi connectivity index (χ2v) is 3.14. The van der Waals surface area contributed by atoms with Crippen LogP contribution in [-0.2, 0) is 0 Å². The van der Waals surface area contributed by atoms with E-state index in [0.717, 1.165) is 10.9 Å². The van der Waals surface area contributed by atoms with Gasteiger partial charge in [-0.2, -0.15) is 0 Å². The lowest BCUT2D eigenvalue weighted by atomic mass is 10.1. The highest BCUT2D eigenvalue weighted by molar-refractivity contribution is 7.17. The first kappa shape index (κ1) is 6.45. The van der Waals surface area contributed by atoms with Crippen LogP contribution in [0, 0.1) is 18.4 Å². The van der Waals surface area contributed by atoms with Crippen molar-refractivity contribution in [3.63, 3.8) is 0 Å². The molecule has 11 heavy (non-hydrogen) atoms. The standard InChI is InChI=1S/C10H5S/c1-2-8-4-3-5-10-9(8)6-7-11-10/h1,3,5-7H. The van der Waals surface area contributed by atoms with Gasteiger partial charge in [0.15, 0.2) is 0 Å². The first-order chi connectivity index (χ1) is 5.42. The van der Waals surface area contributed by atoms with Gasteiger partial charge in [0.1, 0.15) is 0 Å². The lowest BCUT2D eigenvalue weighted by Gasteiger charge is -1.90. The highest BCUT2D eigenvalue weighted by atomic mass is 32.1. The molecular formula is C10H5S. The summed E-state index contributed by atoms with van der Waals surface area (Å²) in [4.78, 5) is 0. The first-order valence-corrected chi connectivity index (χ1v) is 4.14. The van der Waals surface area contributed by atoms with Crippen LogP contribution in [0.5, 0.6) is 0 Å². The van der Waals surface area contributed by atoms with Crippen LogP contribution in [0.15, 0.2) is 23.6 Å². The molecule has 0 amide bonds. The van der Waals surface area contributed by atoms with Gasteiger partial charge >= 0.3 is 0 Å². The Hall–Kier alpha value is -1.26. The summed E-state index contributed by atoms with van der Waals surface area (Å²) >= 11 is 1.70. The average molecular weight is 157 g/mol. The summed E-state index contributed by atoms with van der Waals surface area (Å²) in [5, 5.41) is 3.18. The Morgan fingerprint density at radius 2 is 2.36 bits per heavy atom. The van der Waals surface area contributed by atoms with Crippen molar-refractivity contribution in [2.45, 2.75) is 0 Å². The topological polar surface area (TPSA) is 0 Å². The zero-order valence-corrected chi connectivity index (χ0v) is 6.61. The maximum Gasteiger partial charge on any atom is 0.0408 e. The normalized spacial score (nSPS) is 9.73. The summed E-state index contributed by atoms with van der Waals surface area (Å²) < 4.78 is 1.23. The van der Waals surface area contributed by atoms with Crippen LogP contribution in [0.2, 0.25) is 0 Å². The third-order valence-electron chi connectivity index (χ3n) is 1.57. The second-order valence-electron chi connectivity index (χ2n) is 2.20. The molecule has 0 saturated heterocycles. The fraction of sp³-hybridized carbons (Fsp3) is 0. The van der Waals surface area contributed by atoms with E-state index in [9.17, 15) is 0 Å². The number of benzene rings is 1. The van der Waals surface area contributed by atoms with Crippen LogP contribution in [0.25, 0.3) is 10.1 Å². The Kier molecular flexibility index (Phi) is 1.41. The minimum Gasteiger partial charge on any atom is -0.144 e. The van der Waals surface area contributed by atoms with E-state index in [0.29, 0.717) is 0 Å². The van der Waals surface area contributed by atoms with Gasteiger partial charge in [-0.25, -0.2) is 0 Å². The van der Waals surface area contributed by atoms with E-state index >= 15 is 0 Å². The van der Waals surface area contributed by atoms with Gasteiger partial charge in [0.05, 0.1) is 0 Å².